The average molecular weight is 391 g/mol. The van der Waals surface area contributed by atoms with Crippen LogP contribution < -0.4 is 10.1 Å². The Morgan fingerprint density at radius 3 is 2.68 bits per heavy atom. The molecule has 1 unspecified atom stereocenters. The summed E-state index contributed by atoms with van der Waals surface area (Å²) in [7, 11) is 0. The Hall–Kier alpha value is -2.64. The third-order valence-corrected chi connectivity index (χ3v) is 5.45. The first-order chi connectivity index (χ1) is 13.5. The monoisotopic (exact) mass is 391 g/mol. The fraction of sp³-hybridized carbons (Fsp3) is 0.500. The number of benzene rings is 1. The molecule has 0 bridgehead atoms. The molecule has 0 spiro atoms. The van der Waals surface area contributed by atoms with E-state index in [-0.39, 0.29) is 24.5 Å². The van der Waals surface area contributed by atoms with Crippen molar-refractivity contribution in [3.63, 3.8) is 0 Å². The van der Waals surface area contributed by atoms with Gasteiger partial charge in [0, 0.05) is 43.9 Å². The summed E-state index contributed by atoms with van der Waals surface area (Å²) in [6, 6.07) is 6.87. The second-order valence-electron chi connectivity index (χ2n) is 7.35. The van der Waals surface area contributed by atoms with Gasteiger partial charge in [-0.1, -0.05) is 6.07 Å². The summed E-state index contributed by atoms with van der Waals surface area (Å²) < 4.78 is 33.1. The molecule has 8 heteroatoms. The number of piperidine rings is 1. The molecule has 2 aliphatic rings. The molecule has 2 fully saturated rings. The lowest BCUT2D eigenvalue weighted by Crippen LogP contribution is -2.49. The van der Waals surface area contributed by atoms with E-state index < -0.39 is 12.5 Å². The molecule has 4 rings (SSSR count). The Bertz CT molecular complexity index is 875. The number of hydrogen-bond acceptors (Lipinski definition) is 3. The highest BCUT2D eigenvalue weighted by molar-refractivity contribution is 5.91. The normalized spacial score (nSPS) is 20.8. The molecule has 2 aliphatic heterocycles. The van der Waals surface area contributed by atoms with Crippen LogP contribution in [0.5, 0.6) is 5.75 Å². The summed E-state index contributed by atoms with van der Waals surface area (Å²) in [6.45, 7) is 0.821. The van der Waals surface area contributed by atoms with Crippen LogP contribution in [-0.2, 0) is 16.1 Å². The Morgan fingerprint density at radius 1 is 1.21 bits per heavy atom. The molecular formula is C20H23F2N3O3. The first kappa shape index (κ1) is 18.7. The van der Waals surface area contributed by atoms with Gasteiger partial charge in [-0.25, -0.2) is 8.78 Å². The standard InChI is InChI=1S/C20H23F2N3O3/c21-18(22)12-25-11-8-14-16(25)2-1-3-17(14)28-13-6-9-24(10-7-13)20(27)15-4-5-19(26)23-15/h1-3,8,11,13,15,18H,4-7,9-10,12H2,(H,23,26). The Morgan fingerprint density at radius 2 is 2.00 bits per heavy atom. The third kappa shape index (κ3) is 3.81. The van der Waals surface area contributed by atoms with Crippen molar-refractivity contribution in [1.82, 2.24) is 14.8 Å². The smallest absolute Gasteiger partial charge is 0.256 e. The van der Waals surface area contributed by atoms with Crippen molar-refractivity contribution in [3.8, 4) is 5.75 Å². The van der Waals surface area contributed by atoms with Gasteiger partial charge in [0.15, 0.2) is 0 Å². The van der Waals surface area contributed by atoms with Gasteiger partial charge in [-0.05, 0) is 24.6 Å². The van der Waals surface area contributed by atoms with Crippen LogP contribution in [0.2, 0.25) is 0 Å². The minimum absolute atomic E-state index is 0.0181. The fourth-order valence-corrected chi connectivity index (χ4v) is 4.00. The topological polar surface area (TPSA) is 63.6 Å². The Balaban J connectivity index is 1.38. The second-order valence-corrected chi connectivity index (χ2v) is 7.35. The van der Waals surface area contributed by atoms with Gasteiger partial charge in [0.25, 0.3) is 6.43 Å². The number of carbonyl (C=O) groups is 2. The highest BCUT2D eigenvalue weighted by Gasteiger charge is 2.33. The highest BCUT2D eigenvalue weighted by atomic mass is 19.3. The van der Waals surface area contributed by atoms with E-state index in [4.69, 9.17) is 4.74 Å². The molecule has 150 valence electrons. The molecule has 2 saturated heterocycles. The highest BCUT2D eigenvalue weighted by Crippen LogP contribution is 2.29. The number of hydrogen-bond donors (Lipinski definition) is 1. The number of aromatic nitrogens is 1. The summed E-state index contributed by atoms with van der Waals surface area (Å²) >= 11 is 0. The number of likely N-dealkylation sites (tertiary alicyclic amines) is 1. The van der Waals surface area contributed by atoms with Crippen molar-refractivity contribution in [3.05, 3.63) is 30.5 Å². The van der Waals surface area contributed by atoms with Crippen molar-refractivity contribution < 1.29 is 23.1 Å². The molecule has 1 atom stereocenters. The van der Waals surface area contributed by atoms with Crippen molar-refractivity contribution in [2.75, 3.05) is 13.1 Å². The molecule has 3 heterocycles. The minimum Gasteiger partial charge on any atom is -0.490 e. The molecule has 2 amide bonds. The maximum atomic E-state index is 12.7. The third-order valence-electron chi connectivity index (χ3n) is 5.45. The van der Waals surface area contributed by atoms with Crippen LogP contribution in [0, 0.1) is 0 Å². The Labute approximate surface area is 161 Å². The van der Waals surface area contributed by atoms with Gasteiger partial charge >= 0.3 is 0 Å². The molecule has 0 aliphatic carbocycles. The molecular weight excluding hydrogens is 368 g/mol. The number of nitrogens with zero attached hydrogens (tertiary/aromatic N) is 2. The van der Waals surface area contributed by atoms with Crippen molar-refractivity contribution in [1.29, 1.82) is 0 Å². The summed E-state index contributed by atoms with van der Waals surface area (Å²) in [6.07, 6.45) is 1.57. The van der Waals surface area contributed by atoms with E-state index in [0.29, 0.717) is 44.5 Å². The predicted molar refractivity (Wildman–Crippen MR) is 99.3 cm³/mol. The van der Waals surface area contributed by atoms with E-state index in [1.165, 1.54) is 4.57 Å². The molecule has 1 N–H and O–H groups in total. The number of halogens is 2. The number of alkyl halides is 2. The van der Waals surface area contributed by atoms with Crippen LogP contribution in [0.3, 0.4) is 0 Å². The molecule has 1 aromatic carbocycles. The van der Waals surface area contributed by atoms with E-state index >= 15 is 0 Å². The van der Waals surface area contributed by atoms with Crippen LogP contribution in [0.1, 0.15) is 25.7 Å². The van der Waals surface area contributed by atoms with E-state index in [1.54, 1.807) is 23.2 Å². The zero-order valence-electron chi connectivity index (χ0n) is 15.4. The number of rotatable bonds is 5. The molecule has 1 aromatic heterocycles. The maximum Gasteiger partial charge on any atom is 0.256 e. The van der Waals surface area contributed by atoms with Crippen LogP contribution in [0.4, 0.5) is 8.78 Å². The zero-order chi connectivity index (χ0) is 19.7. The van der Waals surface area contributed by atoms with Gasteiger partial charge in [-0.2, -0.15) is 0 Å². The molecule has 6 nitrogen and oxygen atoms in total. The lowest BCUT2D eigenvalue weighted by Gasteiger charge is -2.33. The minimum atomic E-state index is -2.41. The summed E-state index contributed by atoms with van der Waals surface area (Å²) in [5.41, 5.74) is 0.724. The molecule has 0 saturated carbocycles. The van der Waals surface area contributed by atoms with Crippen LogP contribution in [0.15, 0.2) is 30.5 Å². The first-order valence-corrected chi connectivity index (χ1v) is 9.62. The molecule has 0 radical (unpaired) electrons. The van der Waals surface area contributed by atoms with E-state index in [9.17, 15) is 18.4 Å². The maximum absolute atomic E-state index is 12.7. The summed E-state index contributed by atoms with van der Waals surface area (Å²) in [4.78, 5) is 25.6. The lowest BCUT2D eigenvalue weighted by molar-refractivity contribution is -0.136. The number of carbonyl (C=O) groups excluding carboxylic acids is 2. The Kier molecular flexibility index (Phi) is 5.19. The van der Waals surface area contributed by atoms with Gasteiger partial charge in [-0.3, -0.25) is 9.59 Å². The van der Waals surface area contributed by atoms with E-state index in [2.05, 4.69) is 5.32 Å². The SMILES string of the molecule is O=C1CCC(C(=O)N2CCC(Oc3cccc4c3ccn4CC(F)F)CC2)N1. The second kappa shape index (κ2) is 7.77. The van der Waals surface area contributed by atoms with Gasteiger partial charge in [0.1, 0.15) is 17.9 Å². The van der Waals surface area contributed by atoms with E-state index in [0.717, 1.165) is 10.9 Å². The largest absolute Gasteiger partial charge is 0.490 e. The fourth-order valence-electron chi connectivity index (χ4n) is 4.00. The molecule has 2 aromatic rings. The summed E-state index contributed by atoms with van der Waals surface area (Å²) in [5.74, 6) is 0.595. The quantitative estimate of drug-likeness (QED) is 0.852. The van der Waals surface area contributed by atoms with Gasteiger partial charge in [-0.15, -0.1) is 0 Å². The summed E-state index contributed by atoms with van der Waals surface area (Å²) in [5, 5.41) is 3.54. The van der Waals surface area contributed by atoms with Crippen LogP contribution in [-0.4, -0.2) is 52.9 Å². The predicted octanol–water partition coefficient (Wildman–Crippen LogP) is 2.55. The van der Waals surface area contributed by atoms with Crippen molar-refractivity contribution in [2.45, 2.75) is 50.8 Å². The zero-order valence-corrected chi connectivity index (χ0v) is 15.4. The van der Waals surface area contributed by atoms with Crippen molar-refractivity contribution >= 4 is 22.7 Å². The first-order valence-electron chi connectivity index (χ1n) is 9.62. The number of fused-ring (bicyclic) bond motifs is 1. The van der Waals surface area contributed by atoms with Crippen LogP contribution in [0.25, 0.3) is 10.9 Å². The van der Waals surface area contributed by atoms with Gasteiger partial charge in [0.05, 0.1) is 12.1 Å². The lowest BCUT2D eigenvalue weighted by atomic mass is 10.1. The number of amides is 2. The van der Waals surface area contributed by atoms with E-state index in [1.807, 2.05) is 12.1 Å². The molecule has 28 heavy (non-hydrogen) atoms. The number of nitrogens with one attached hydrogen (secondary N) is 1. The van der Waals surface area contributed by atoms with Gasteiger partial charge in [0.2, 0.25) is 11.8 Å². The van der Waals surface area contributed by atoms with Crippen molar-refractivity contribution in [2.24, 2.45) is 0 Å². The average Bonchev–Trinajstić information content (AvgIpc) is 3.29. The van der Waals surface area contributed by atoms with Crippen LogP contribution >= 0.6 is 0 Å². The number of ether oxygens (including phenoxy) is 1. The van der Waals surface area contributed by atoms with Gasteiger partial charge < -0.3 is 19.5 Å².